The maximum Gasteiger partial charge on any atom is 0.362 e. The van der Waals surface area contributed by atoms with Crippen molar-refractivity contribution in [1.29, 1.82) is 0 Å². The van der Waals surface area contributed by atoms with Crippen LogP contribution in [0.15, 0.2) is 97.2 Å². The van der Waals surface area contributed by atoms with Crippen LogP contribution in [0.3, 0.4) is 0 Å². The second kappa shape index (κ2) is 48.7. The van der Waals surface area contributed by atoms with Gasteiger partial charge in [-0.05, 0) is 89.9 Å². The lowest BCUT2D eigenvalue weighted by Gasteiger charge is -2.31. The number of allylic oxidation sites excluding steroid dienone is 16. The smallest absolute Gasteiger partial charge is 0.362 e. The third-order valence-corrected chi connectivity index (χ3v) is 11.5. The normalized spacial score (nSPS) is 13.6. The minimum absolute atomic E-state index is 0.0477. The molecule has 0 amide bonds. The van der Waals surface area contributed by atoms with Crippen LogP contribution >= 0.6 is 0 Å². The molecular weight excluding hydrogens is 835 g/mol. The van der Waals surface area contributed by atoms with Gasteiger partial charge in [-0.1, -0.05) is 195 Å². The van der Waals surface area contributed by atoms with E-state index in [-0.39, 0.29) is 36.2 Å². The van der Waals surface area contributed by atoms with Crippen LogP contribution in [-0.4, -0.2) is 80.6 Å². The molecule has 382 valence electrons. The van der Waals surface area contributed by atoms with Crippen LogP contribution in [0.4, 0.5) is 0 Å². The number of carboxylic acids is 1. The van der Waals surface area contributed by atoms with Gasteiger partial charge in [-0.15, -0.1) is 0 Å². The molecule has 1 N–H and O–H groups in total. The summed E-state index contributed by atoms with van der Waals surface area (Å²) in [5.41, 5.74) is 0. The van der Waals surface area contributed by atoms with Crippen LogP contribution in [0.25, 0.3) is 0 Å². The average molecular weight is 935 g/mol. The summed E-state index contributed by atoms with van der Waals surface area (Å²) in [4.78, 5) is 37.2. The number of likely N-dealkylation sites (N-methyl/N-ethyl adjacent to an activating group) is 1. The van der Waals surface area contributed by atoms with Crippen LogP contribution in [0.2, 0.25) is 0 Å². The summed E-state index contributed by atoms with van der Waals surface area (Å²) in [5, 5.41) is 9.67. The van der Waals surface area contributed by atoms with Gasteiger partial charge in [0.15, 0.2) is 12.1 Å². The molecule has 0 heterocycles. The van der Waals surface area contributed by atoms with Crippen LogP contribution in [0, 0.1) is 0 Å². The summed E-state index contributed by atoms with van der Waals surface area (Å²) in [6.07, 6.45) is 66.0. The molecule has 2 atom stereocenters. The van der Waals surface area contributed by atoms with E-state index in [4.69, 9.17) is 14.2 Å². The third-order valence-electron chi connectivity index (χ3n) is 11.5. The maximum absolute atomic E-state index is 12.8. The second-order valence-electron chi connectivity index (χ2n) is 18.7. The fraction of sp³-hybridized carbons (Fsp3) is 0.678. The minimum Gasteiger partial charge on any atom is -0.477 e. The highest BCUT2D eigenvalue weighted by molar-refractivity contribution is 5.72. The number of nitrogens with zero attached hydrogens (tertiary/aromatic N) is 1. The van der Waals surface area contributed by atoms with Crippen LogP contribution in [0.5, 0.6) is 0 Å². The Morgan fingerprint density at radius 1 is 0.448 bits per heavy atom. The molecule has 0 spiro atoms. The summed E-state index contributed by atoms with van der Waals surface area (Å²) in [7, 11) is 5.52. The van der Waals surface area contributed by atoms with Gasteiger partial charge in [-0.3, -0.25) is 9.59 Å². The van der Waals surface area contributed by atoms with Gasteiger partial charge in [-0.2, -0.15) is 0 Å². The predicted molar refractivity (Wildman–Crippen MR) is 284 cm³/mol. The Morgan fingerprint density at radius 3 is 1.16 bits per heavy atom. The highest BCUT2D eigenvalue weighted by Gasteiger charge is 2.31. The molecule has 0 aliphatic heterocycles. The molecule has 0 bridgehead atoms. The molecule has 8 nitrogen and oxygen atoms in total. The number of carbonyl (C=O) groups is 3. The molecule has 2 unspecified atom stereocenters. The number of unbranched alkanes of at least 4 members (excludes halogenated alkanes) is 17. The van der Waals surface area contributed by atoms with Crippen LogP contribution in [-0.2, 0) is 28.6 Å². The molecule has 0 rings (SSSR count). The number of carbonyl (C=O) groups excluding carboxylic acids is 2. The Kier molecular flexibility index (Phi) is 46.0. The minimum atomic E-state index is -0.881. The fourth-order valence-electron chi connectivity index (χ4n) is 7.43. The second-order valence-corrected chi connectivity index (χ2v) is 18.7. The first-order valence-corrected chi connectivity index (χ1v) is 26.8. The van der Waals surface area contributed by atoms with Crippen molar-refractivity contribution in [3.63, 3.8) is 0 Å². The molecule has 0 radical (unpaired) electrons. The number of esters is 2. The van der Waals surface area contributed by atoms with Gasteiger partial charge in [0.25, 0.3) is 0 Å². The SMILES string of the molecule is CC/C=C/C/C=C/C/C=C/C/C=C/C/C=C/CCCCCCC(=O)OCC(COCCC(C(=O)O)[N+](C)(C)C)OC(=O)CCCCCCCCCCCCCCC/C=C/C/C=C/C/C=C/CC. The van der Waals surface area contributed by atoms with Crippen molar-refractivity contribution in [1.82, 2.24) is 0 Å². The van der Waals surface area contributed by atoms with Gasteiger partial charge < -0.3 is 23.8 Å². The van der Waals surface area contributed by atoms with Crippen molar-refractivity contribution < 1.29 is 38.2 Å². The van der Waals surface area contributed by atoms with E-state index in [1.54, 1.807) is 0 Å². The Morgan fingerprint density at radius 2 is 0.791 bits per heavy atom. The summed E-state index contributed by atoms with van der Waals surface area (Å²) in [6, 6.07) is -0.625. The largest absolute Gasteiger partial charge is 0.477 e. The third kappa shape index (κ3) is 47.1. The van der Waals surface area contributed by atoms with Gasteiger partial charge in [-0.25, -0.2) is 4.79 Å². The molecule has 67 heavy (non-hydrogen) atoms. The zero-order valence-electron chi connectivity index (χ0n) is 43.6. The Balaban J connectivity index is 4.27. The molecular formula is C59H100NO7+. The van der Waals surface area contributed by atoms with E-state index in [1.165, 1.54) is 70.6 Å². The Hall–Kier alpha value is -3.75. The number of carboxylic acid groups (broad SMARTS) is 1. The van der Waals surface area contributed by atoms with Crippen molar-refractivity contribution in [2.45, 2.75) is 219 Å². The van der Waals surface area contributed by atoms with Crippen molar-refractivity contribution in [3.05, 3.63) is 97.2 Å². The van der Waals surface area contributed by atoms with Crippen LogP contribution < -0.4 is 0 Å². The van der Waals surface area contributed by atoms with Crippen molar-refractivity contribution in [3.8, 4) is 0 Å². The average Bonchev–Trinajstić information content (AvgIpc) is 3.29. The number of quaternary nitrogens is 1. The first-order chi connectivity index (χ1) is 32.6. The summed E-state index contributed by atoms with van der Waals surface area (Å²) >= 11 is 0. The van der Waals surface area contributed by atoms with E-state index < -0.39 is 18.1 Å². The number of rotatable bonds is 47. The van der Waals surface area contributed by atoms with E-state index in [1.807, 2.05) is 21.1 Å². The number of aliphatic carboxylic acids is 1. The van der Waals surface area contributed by atoms with Gasteiger partial charge in [0, 0.05) is 19.3 Å². The zero-order valence-corrected chi connectivity index (χ0v) is 43.6. The molecule has 0 aliphatic carbocycles. The maximum atomic E-state index is 12.8. The highest BCUT2D eigenvalue weighted by Crippen LogP contribution is 2.15. The van der Waals surface area contributed by atoms with E-state index >= 15 is 0 Å². The van der Waals surface area contributed by atoms with Crippen molar-refractivity contribution >= 4 is 17.9 Å². The molecule has 0 fully saturated rings. The highest BCUT2D eigenvalue weighted by atomic mass is 16.6. The Labute approximate surface area is 411 Å². The molecule has 8 heteroatoms. The lowest BCUT2D eigenvalue weighted by Crippen LogP contribution is -2.50. The molecule has 0 aromatic carbocycles. The van der Waals surface area contributed by atoms with Gasteiger partial charge in [0.1, 0.15) is 6.61 Å². The summed E-state index contributed by atoms with van der Waals surface area (Å²) < 4.78 is 17.4. The summed E-state index contributed by atoms with van der Waals surface area (Å²) in [6.45, 7) is 4.49. The quantitative estimate of drug-likeness (QED) is 0.0281. The lowest BCUT2D eigenvalue weighted by molar-refractivity contribution is -0.887. The number of hydrogen-bond donors (Lipinski definition) is 1. The molecule has 0 aromatic heterocycles. The molecule has 0 aromatic rings. The predicted octanol–water partition coefficient (Wildman–Crippen LogP) is 15.8. The van der Waals surface area contributed by atoms with E-state index in [9.17, 15) is 19.5 Å². The monoisotopic (exact) mass is 935 g/mol. The van der Waals surface area contributed by atoms with Gasteiger partial charge >= 0.3 is 17.9 Å². The number of ether oxygens (including phenoxy) is 3. The van der Waals surface area contributed by atoms with Crippen molar-refractivity contribution in [2.75, 3.05) is 41.0 Å². The van der Waals surface area contributed by atoms with Crippen molar-refractivity contribution in [2.24, 2.45) is 0 Å². The summed E-state index contributed by atoms with van der Waals surface area (Å²) in [5.74, 6) is -1.50. The molecule has 0 saturated heterocycles. The first kappa shape index (κ1) is 63.2. The first-order valence-electron chi connectivity index (χ1n) is 26.8. The van der Waals surface area contributed by atoms with Gasteiger partial charge in [0.05, 0.1) is 34.4 Å². The van der Waals surface area contributed by atoms with Gasteiger partial charge in [0.2, 0.25) is 0 Å². The topological polar surface area (TPSA) is 99.1 Å². The fourth-order valence-corrected chi connectivity index (χ4v) is 7.43. The molecule has 0 saturated carbocycles. The molecule has 0 aliphatic rings. The van der Waals surface area contributed by atoms with Crippen LogP contribution in [0.1, 0.15) is 206 Å². The Bertz CT molecular complexity index is 1410. The van der Waals surface area contributed by atoms with E-state index in [0.717, 1.165) is 103 Å². The number of hydrogen-bond acceptors (Lipinski definition) is 6. The van der Waals surface area contributed by atoms with E-state index in [2.05, 4.69) is 111 Å². The lowest BCUT2D eigenvalue weighted by atomic mass is 10.0. The standard InChI is InChI=1S/C59H99NO7/c1-6-8-10-12-14-16-18-20-22-24-26-28-29-30-32-34-36-38-40-42-44-46-48-50-58(62)67-55(53-65-52-51-56(59(63)64)60(3,4)5)54-66-57(61)49-47-45-43-41-39-37-35-33-31-27-25-23-21-19-17-15-13-11-9-7-2/h8-11,14-17,20-23,27,31,35,37,55-56H,6-7,12-13,18-19,24-26,28-30,32-34,36,38-54H2,1-5H3/p+1/b10-8+,11-9+,16-14+,17-15+,22-20+,23-21+,31-27+,37-35+. The zero-order chi connectivity index (χ0) is 49.2. The van der Waals surface area contributed by atoms with E-state index in [0.29, 0.717) is 19.3 Å².